The Bertz CT molecular complexity index is 880. The molecule has 2 aromatic carbocycles. The summed E-state index contributed by atoms with van der Waals surface area (Å²) in [6.45, 7) is 2.26. The Balaban J connectivity index is 1.79. The monoisotopic (exact) mass is 417 g/mol. The quantitative estimate of drug-likeness (QED) is 0.746. The van der Waals surface area contributed by atoms with Gasteiger partial charge in [-0.1, -0.05) is 47.5 Å². The van der Waals surface area contributed by atoms with Gasteiger partial charge in [0.2, 0.25) is 0 Å². The van der Waals surface area contributed by atoms with Gasteiger partial charge in [0.1, 0.15) is 0 Å². The van der Waals surface area contributed by atoms with Crippen LogP contribution in [0.5, 0.6) is 0 Å². The molecule has 28 heavy (non-hydrogen) atoms. The summed E-state index contributed by atoms with van der Waals surface area (Å²) < 4.78 is 0. The van der Waals surface area contributed by atoms with E-state index in [1.165, 1.54) is 0 Å². The molecule has 0 aromatic heterocycles. The largest absolute Gasteiger partial charge is 0.326 e. The zero-order valence-electron chi connectivity index (χ0n) is 15.3. The third kappa shape index (κ3) is 3.50. The van der Waals surface area contributed by atoms with Gasteiger partial charge in [-0.15, -0.1) is 0 Å². The molecule has 2 heterocycles. The Morgan fingerprint density at radius 3 is 2.07 bits per heavy atom. The fourth-order valence-electron chi connectivity index (χ4n) is 4.06. The minimum absolute atomic E-state index is 0.311. The molecule has 5 nitrogen and oxygen atoms in total. The molecule has 1 N–H and O–H groups in total. The first-order valence-electron chi connectivity index (χ1n) is 9.35. The first-order valence-corrected chi connectivity index (χ1v) is 10.1. The van der Waals surface area contributed by atoms with Crippen molar-refractivity contribution in [2.24, 2.45) is 0 Å². The van der Waals surface area contributed by atoms with Crippen LogP contribution in [0.4, 0.5) is 4.79 Å². The average Bonchev–Trinajstić information content (AvgIpc) is 3.27. The third-order valence-electron chi connectivity index (χ3n) is 5.54. The number of carbonyl (C=O) groups excluding carboxylic acids is 2. The van der Waals surface area contributed by atoms with Crippen molar-refractivity contribution in [3.8, 4) is 0 Å². The van der Waals surface area contributed by atoms with Gasteiger partial charge in [-0.05, 0) is 61.3 Å². The Hall–Kier alpha value is -2.08. The number of likely N-dealkylation sites (tertiary alicyclic amines) is 1. The van der Waals surface area contributed by atoms with Crippen molar-refractivity contribution < 1.29 is 9.59 Å². The molecule has 2 aliphatic heterocycles. The SMILES string of the molecule is O=C1NC(=O)C(Cc2ccc(Cl)cc2)(c2ccc(Cl)cc2)N1CN1CCCC1. The lowest BCUT2D eigenvalue weighted by Gasteiger charge is -2.38. The van der Waals surface area contributed by atoms with E-state index in [4.69, 9.17) is 23.2 Å². The van der Waals surface area contributed by atoms with Crippen LogP contribution in [0.2, 0.25) is 10.0 Å². The Morgan fingerprint density at radius 1 is 0.893 bits per heavy atom. The van der Waals surface area contributed by atoms with Crippen molar-refractivity contribution in [1.29, 1.82) is 0 Å². The molecule has 2 aliphatic rings. The Labute approximate surface area is 174 Å². The highest BCUT2D eigenvalue weighted by molar-refractivity contribution is 6.30. The fraction of sp³-hybridized carbons (Fsp3) is 0.333. The number of nitrogens with zero attached hydrogens (tertiary/aromatic N) is 2. The number of urea groups is 1. The lowest BCUT2D eigenvalue weighted by Crippen LogP contribution is -2.52. The van der Waals surface area contributed by atoms with Crippen molar-refractivity contribution >= 4 is 35.1 Å². The topological polar surface area (TPSA) is 52.7 Å². The summed E-state index contributed by atoms with van der Waals surface area (Å²) in [6.07, 6.45) is 2.57. The van der Waals surface area contributed by atoms with Gasteiger partial charge in [-0.3, -0.25) is 19.9 Å². The molecule has 0 bridgehead atoms. The number of hydrogen-bond donors (Lipinski definition) is 1. The van der Waals surface area contributed by atoms with Gasteiger partial charge in [-0.25, -0.2) is 4.79 Å². The first-order chi connectivity index (χ1) is 13.5. The maximum atomic E-state index is 13.2. The summed E-state index contributed by atoms with van der Waals surface area (Å²) in [5, 5.41) is 3.75. The molecule has 0 aliphatic carbocycles. The number of rotatable bonds is 5. The van der Waals surface area contributed by atoms with Crippen molar-refractivity contribution in [2.45, 2.75) is 24.8 Å². The van der Waals surface area contributed by atoms with Gasteiger partial charge in [-0.2, -0.15) is 0 Å². The molecule has 0 saturated carbocycles. The van der Waals surface area contributed by atoms with E-state index in [0.717, 1.165) is 37.1 Å². The van der Waals surface area contributed by atoms with Crippen LogP contribution in [-0.4, -0.2) is 41.5 Å². The molecule has 1 unspecified atom stereocenters. The fourth-order valence-corrected chi connectivity index (χ4v) is 4.31. The van der Waals surface area contributed by atoms with Crippen LogP contribution in [0.15, 0.2) is 48.5 Å². The van der Waals surface area contributed by atoms with E-state index in [9.17, 15) is 9.59 Å². The highest BCUT2D eigenvalue weighted by Crippen LogP contribution is 2.38. The van der Waals surface area contributed by atoms with E-state index < -0.39 is 5.54 Å². The normalized spacial score (nSPS) is 22.7. The lowest BCUT2D eigenvalue weighted by molar-refractivity contribution is -0.127. The van der Waals surface area contributed by atoms with Gasteiger partial charge in [0.25, 0.3) is 5.91 Å². The smallest absolute Gasteiger partial charge is 0.292 e. The van der Waals surface area contributed by atoms with Crippen LogP contribution in [0.3, 0.4) is 0 Å². The molecular formula is C21H21Cl2N3O2. The predicted octanol–water partition coefficient (Wildman–Crippen LogP) is 4.04. The van der Waals surface area contributed by atoms with Gasteiger partial charge >= 0.3 is 6.03 Å². The van der Waals surface area contributed by atoms with Crippen molar-refractivity contribution in [1.82, 2.24) is 15.1 Å². The number of amides is 3. The first kappa shape index (κ1) is 19.2. The lowest BCUT2D eigenvalue weighted by atomic mass is 9.82. The number of benzene rings is 2. The molecule has 2 saturated heterocycles. The number of imide groups is 1. The zero-order valence-corrected chi connectivity index (χ0v) is 16.8. The number of nitrogens with one attached hydrogen (secondary N) is 1. The molecule has 146 valence electrons. The summed E-state index contributed by atoms with van der Waals surface area (Å²) in [7, 11) is 0. The van der Waals surface area contributed by atoms with Crippen molar-refractivity contribution in [3.63, 3.8) is 0 Å². The van der Waals surface area contributed by atoms with Crippen LogP contribution in [0, 0.1) is 0 Å². The van der Waals surface area contributed by atoms with Crippen LogP contribution < -0.4 is 5.32 Å². The van der Waals surface area contributed by atoms with Crippen LogP contribution in [0.1, 0.15) is 24.0 Å². The maximum absolute atomic E-state index is 13.2. The predicted molar refractivity (Wildman–Crippen MR) is 109 cm³/mol. The highest BCUT2D eigenvalue weighted by atomic mass is 35.5. The van der Waals surface area contributed by atoms with Gasteiger partial charge in [0.05, 0.1) is 6.67 Å². The minimum atomic E-state index is -1.13. The van der Waals surface area contributed by atoms with E-state index in [2.05, 4.69) is 10.2 Å². The molecule has 0 radical (unpaired) electrons. The summed E-state index contributed by atoms with van der Waals surface area (Å²) >= 11 is 12.1. The van der Waals surface area contributed by atoms with Crippen LogP contribution in [-0.2, 0) is 16.8 Å². The minimum Gasteiger partial charge on any atom is -0.292 e. The van der Waals surface area contributed by atoms with E-state index >= 15 is 0 Å². The molecular weight excluding hydrogens is 397 g/mol. The van der Waals surface area contributed by atoms with E-state index in [1.807, 2.05) is 24.3 Å². The summed E-state index contributed by atoms with van der Waals surface area (Å²) in [4.78, 5) is 29.9. The second kappa shape index (κ2) is 7.74. The number of carbonyl (C=O) groups is 2. The van der Waals surface area contributed by atoms with Crippen molar-refractivity contribution in [3.05, 3.63) is 69.7 Å². The Kier molecular flexibility index (Phi) is 5.32. The van der Waals surface area contributed by atoms with E-state index in [1.54, 1.807) is 29.2 Å². The highest BCUT2D eigenvalue weighted by Gasteiger charge is 2.54. The second-order valence-corrected chi connectivity index (χ2v) is 8.20. The molecule has 1 atom stereocenters. The molecule has 7 heteroatoms. The molecule has 2 aromatic rings. The number of hydrogen-bond acceptors (Lipinski definition) is 3. The van der Waals surface area contributed by atoms with Crippen molar-refractivity contribution in [2.75, 3.05) is 19.8 Å². The van der Waals surface area contributed by atoms with E-state index in [-0.39, 0.29) is 11.9 Å². The Morgan fingerprint density at radius 2 is 1.46 bits per heavy atom. The summed E-state index contributed by atoms with van der Waals surface area (Å²) in [5.74, 6) is -0.311. The summed E-state index contributed by atoms with van der Waals surface area (Å²) in [5.41, 5.74) is 0.544. The van der Waals surface area contributed by atoms with Crippen LogP contribution >= 0.6 is 23.2 Å². The molecule has 3 amide bonds. The molecule has 2 fully saturated rings. The zero-order chi connectivity index (χ0) is 19.7. The van der Waals surface area contributed by atoms with Gasteiger partial charge < -0.3 is 0 Å². The summed E-state index contributed by atoms with van der Waals surface area (Å²) in [6, 6.07) is 14.2. The van der Waals surface area contributed by atoms with E-state index in [0.29, 0.717) is 23.1 Å². The maximum Gasteiger partial charge on any atom is 0.326 e. The molecule has 0 spiro atoms. The standard InChI is InChI=1S/C21H21Cl2N3O2/c22-17-7-3-15(4-8-17)13-21(16-5-9-18(23)10-6-16)19(27)24-20(28)26(21)14-25-11-1-2-12-25/h3-10H,1-2,11-14H2,(H,24,27,28). The average molecular weight is 418 g/mol. The second-order valence-electron chi connectivity index (χ2n) is 7.32. The molecule has 4 rings (SSSR count). The van der Waals surface area contributed by atoms with Crippen LogP contribution in [0.25, 0.3) is 0 Å². The third-order valence-corrected chi connectivity index (χ3v) is 6.04. The van der Waals surface area contributed by atoms with Gasteiger partial charge in [0.15, 0.2) is 5.54 Å². The van der Waals surface area contributed by atoms with Gasteiger partial charge in [0, 0.05) is 16.5 Å². The number of halogens is 2.